The molecule has 0 saturated carbocycles. The van der Waals surface area contributed by atoms with Gasteiger partial charge in [-0.1, -0.05) is 24.3 Å². The van der Waals surface area contributed by atoms with Crippen molar-refractivity contribution in [1.29, 1.82) is 0 Å². The molecule has 3 aromatic rings. The van der Waals surface area contributed by atoms with Crippen LogP contribution >= 0.6 is 0 Å². The molecule has 0 amide bonds. The Hall–Kier alpha value is -2.37. The van der Waals surface area contributed by atoms with Crippen LogP contribution in [-0.2, 0) is 0 Å². The van der Waals surface area contributed by atoms with Crippen LogP contribution in [0.5, 0.6) is 0 Å². The predicted molar refractivity (Wildman–Crippen MR) is 108 cm³/mol. The maximum atomic E-state index is 5.59. The maximum absolute atomic E-state index is 5.59. The molecule has 0 bridgehead atoms. The van der Waals surface area contributed by atoms with Gasteiger partial charge in [0.15, 0.2) is 0 Å². The highest BCUT2D eigenvalue weighted by molar-refractivity contribution is 5.84. The molecule has 3 N–H and O–H groups in total. The quantitative estimate of drug-likeness (QED) is 0.744. The van der Waals surface area contributed by atoms with Crippen LogP contribution in [0.25, 0.3) is 16.7 Å². The van der Waals surface area contributed by atoms with E-state index in [2.05, 4.69) is 70.4 Å². The van der Waals surface area contributed by atoms with E-state index >= 15 is 0 Å². The molecule has 26 heavy (non-hydrogen) atoms. The zero-order chi connectivity index (χ0) is 17.9. The van der Waals surface area contributed by atoms with Crippen molar-refractivity contribution in [3.8, 4) is 5.82 Å². The summed E-state index contributed by atoms with van der Waals surface area (Å²) in [5.74, 6) is 2.05. The van der Waals surface area contributed by atoms with Crippen LogP contribution < -0.4 is 16.0 Å². The van der Waals surface area contributed by atoms with Crippen molar-refractivity contribution in [2.24, 2.45) is 5.73 Å². The molecule has 0 unspecified atom stereocenters. The number of para-hydroxylation sites is 1. The van der Waals surface area contributed by atoms with E-state index in [1.165, 1.54) is 16.5 Å². The third-order valence-electron chi connectivity index (χ3n) is 5.28. The number of hydrogen-bond donors (Lipinski definition) is 2. The molecule has 0 spiro atoms. The van der Waals surface area contributed by atoms with Crippen LogP contribution in [-0.4, -0.2) is 41.8 Å². The normalized spacial score (nSPS) is 15.7. The fourth-order valence-electron chi connectivity index (χ4n) is 3.89. The maximum Gasteiger partial charge on any atom is 0.139 e. The Bertz CT molecular complexity index is 877. The summed E-state index contributed by atoms with van der Waals surface area (Å²) in [5, 5.41) is 4.78. The van der Waals surface area contributed by atoms with E-state index in [0.29, 0.717) is 12.6 Å². The van der Waals surface area contributed by atoms with Gasteiger partial charge in [-0.05, 0) is 43.5 Å². The number of nitrogens with two attached hydrogens (primary N) is 1. The van der Waals surface area contributed by atoms with E-state index in [-0.39, 0.29) is 0 Å². The fourth-order valence-corrected chi connectivity index (χ4v) is 3.89. The lowest BCUT2D eigenvalue weighted by molar-refractivity contribution is 0.418. The van der Waals surface area contributed by atoms with E-state index in [1.54, 1.807) is 0 Å². The molecule has 0 atom stereocenters. The van der Waals surface area contributed by atoms with Gasteiger partial charge in [-0.2, -0.15) is 0 Å². The van der Waals surface area contributed by atoms with Crippen molar-refractivity contribution in [1.82, 2.24) is 14.9 Å². The lowest BCUT2D eigenvalue weighted by Gasteiger charge is -2.33. The van der Waals surface area contributed by atoms with Crippen molar-refractivity contribution in [3.63, 3.8) is 0 Å². The van der Waals surface area contributed by atoms with Gasteiger partial charge in [-0.15, -0.1) is 0 Å². The van der Waals surface area contributed by atoms with Gasteiger partial charge in [0, 0.05) is 43.8 Å². The Morgan fingerprint density at radius 2 is 1.85 bits per heavy atom. The van der Waals surface area contributed by atoms with Crippen LogP contribution in [0, 0.1) is 6.92 Å². The molecule has 5 heteroatoms. The number of benzene rings is 1. The highest BCUT2D eigenvalue weighted by Crippen LogP contribution is 2.25. The second kappa shape index (κ2) is 7.48. The highest BCUT2D eigenvalue weighted by atomic mass is 15.2. The van der Waals surface area contributed by atoms with Crippen molar-refractivity contribution in [2.75, 3.05) is 31.1 Å². The van der Waals surface area contributed by atoms with Gasteiger partial charge in [0.05, 0.1) is 5.52 Å². The number of rotatable bonds is 5. The van der Waals surface area contributed by atoms with Gasteiger partial charge < -0.3 is 20.5 Å². The van der Waals surface area contributed by atoms with Crippen molar-refractivity contribution in [2.45, 2.75) is 25.8 Å². The lowest BCUT2D eigenvalue weighted by atomic mass is 10.1. The van der Waals surface area contributed by atoms with E-state index < -0.39 is 0 Å². The van der Waals surface area contributed by atoms with Gasteiger partial charge >= 0.3 is 0 Å². The summed E-state index contributed by atoms with van der Waals surface area (Å²) in [7, 11) is 0. The van der Waals surface area contributed by atoms with E-state index in [0.717, 1.165) is 44.1 Å². The van der Waals surface area contributed by atoms with Crippen LogP contribution in [0.2, 0.25) is 0 Å². The average Bonchev–Trinajstić information content (AvgIpc) is 3.12. The van der Waals surface area contributed by atoms with Gasteiger partial charge in [0.25, 0.3) is 0 Å². The molecule has 1 fully saturated rings. The van der Waals surface area contributed by atoms with Gasteiger partial charge in [-0.25, -0.2) is 4.98 Å². The summed E-state index contributed by atoms with van der Waals surface area (Å²) in [6.07, 6.45) is 4.39. The number of aromatic nitrogens is 2. The first-order chi connectivity index (χ1) is 12.8. The molecule has 1 aliphatic rings. The smallest absolute Gasteiger partial charge is 0.139 e. The molecule has 5 nitrogen and oxygen atoms in total. The minimum Gasteiger partial charge on any atom is -0.356 e. The molecule has 2 aromatic heterocycles. The van der Waals surface area contributed by atoms with E-state index in [9.17, 15) is 0 Å². The highest BCUT2D eigenvalue weighted by Gasteiger charge is 2.20. The summed E-state index contributed by atoms with van der Waals surface area (Å²) in [5.41, 5.74) is 8.10. The lowest BCUT2D eigenvalue weighted by Crippen LogP contribution is -2.44. The largest absolute Gasteiger partial charge is 0.356 e. The summed E-state index contributed by atoms with van der Waals surface area (Å²) < 4.78 is 2.20. The fraction of sp³-hybridized carbons (Fsp3) is 0.381. The molecule has 136 valence electrons. The van der Waals surface area contributed by atoms with Crippen LogP contribution in [0.3, 0.4) is 0 Å². The zero-order valence-electron chi connectivity index (χ0n) is 15.4. The summed E-state index contributed by atoms with van der Waals surface area (Å²) in [6, 6.07) is 15.5. The number of fused-ring (bicyclic) bond motifs is 1. The molecule has 1 saturated heterocycles. The molecule has 1 aliphatic heterocycles. The first-order valence-corrected chi connectivity index (χ1v) is 9.49. The van der Waals surface area contributed by atoms with Crippen molar-refractivity contribution in [3.05, 3.63) is 54.2 Å². The Morgan fingerprint density at radius 1 is 1.08 bits per heavy atom. The van der Waals surface area contributed by atoms with E-state index in [1.807, 2.05) is 0 Å². The first kappa shape index (κ1) is 17.1. The Labute approximate surface area is 154 Å². The summed E-state index contributed by atoms with van der Waals surface area (Å²) >= 11 is 0. The second-order valence-electron chi connectivity index (χ2n) is 7.06. The van der Waals surface area contributed by atoms with Crippen LogP contribution in [0.4, 0.5) is 5.82 Å². The SMILES string of the molecule is Cc1cccc2ccn(-c3cccc(N4CCC(NCCN)CC4)n3)c12. The molecule has 4 rings (SSSR count). The van der Waals surface area contributed by atoms with Crippen LogP contribution in [0.1, 0.15) is 18.4 Å². The Morgan fingerprint density at radius 3 is 2.65 bits per heavy atom. The average molecular weight is 349 g/mol. The number of nitrogens with zero attached hydrogens (tertiary/aromatic N) is 3. The van der Waals surface area contributed by atoms with Crippen LogP contribution in [0.15, 0.2) is 48.7 Å². The zero-order valence-corrected chi connectivity index (χ0v) is 15.4. The minimum absolute atomic E-state index is 0.578. The van der Waals surface area contributed by atoms with E-state index in [4.69, 9.17) is 10.7 Å². The Balaban J connectivity index is 1.56. The molecular weight excluding hydrogens is 322 g/mol. The monoisotopic (exact) mass is 349 g/mol. The summed E-state index contributed by atoms with van der Waals surface area (Å²) in [6.45, 7) is 5.82. The number of pyridine rings is 1. The van der Waals surface area contributed by atoms with Crippen molar-refractivity contribution >= 4 is 16.7 Å². The number of nitrogens with one attached hydrogen (secondary N) is 1. The third-order valence-corrected chi connectivity index (χ3v) is 5.28. The molecular formula is C21H27N5. The number of anilines is 1. The predicted octanol–water partition coefficient (Wildman–Crippen LogP) is 2.85. The first-order valence-electron chi connectivity index (χ1n) is 9.49. The molecule has 3 heterocycles. The van der Waals surface area contributed by atoms with Crippen molar-refractivity contribution < 1.29 is 0 Å². The second-order valence-corrected chi connectivity index (χ2v) is 7.06. The minimum atomic E-state index is 0.578. The molecule has 1 aromatic carbocycles. The topological polar surface area (TPSA) is 59.1 Å². The van der Waals surface area contributed by atoms with Gasteiger partial charge in [0.2, 0.25) is 0 Å². The standard InChI is InChI=1S/C21H27N5/c1-16-4-2-5-17-8-15-26(21(16)17)20-7-3-6-19(24-20)25-13-9-18(10-14-25)23-12-11-22/h2-8,15,18,23H,9-14,22H2,1H3. The number of piperidine rings is 1. The molecule has 0 radical (unpaired) electrons. The third kappa shape index (κ3) is 3.32. The van der Waals surface area contributed by atoms with Gasteiger partial charge in [-0.3, -0.25) is 0 Å². The summed E-state index contributed by atoms with van der Waals surface area (Å²) in [4.78, 5) is 7.36. The Kier molecular flexibility index (Phi) is 4.91. The number of aryl methyl sites for hydroxylation is 1. The number of hydrogen-bond acceptors (Lipinski definition) is 4. The van der Waals surface area contributed by atoms with Gasteiger partial charge in [0.1, 0.15) is 11.6 Å². The molecule has 0 aliphatic carbocycles.